The molecule has 0 spiro atoms. The second-order valence-electron chi connectivity index (χ2n) is 3.52. The van der Waals surface area contributed by atoms with Gasteiger partial charge in [-0.2, -0.15) is 0 Å². The van der Waals surface area contributed by atoms with Crippen LogP contribution in [0, 0.1) is 16.0 Å². The molecule has 1 aromatic heterocycles. The van der Waals surface area contributed by atoms with E-state index in [1.807, 2.05) is 6.92 Å². The molecule has 7 heteroatoms. The maximum atomic E-state index is 10.6. The van der Waals surface area contributed by atoms with Crippen LogP contribution < -0.4 is 0 Å². The number of hydrogen-bond acceptors (Lipinski definition) is 5. The van der Waals surface area contributed by atoms with Crippen molar-refractivity contribution in [3.05, 3.63) is 16.3 Å². The molecule has 0 radical (unpaired) electrons. The van der Waals surface area contributed by atoms with E-state index in [-0.39, 0.29) is 11.7 Å². The molecular formula is C9H14N4O3. The van der Waals surface area contributed by atoms with Crippen molar-refractivity contribution >= 4 is 12.1 Å². The monoisotopic (exact) mass is 226 g/mol. The molecular weight excluding hydrogens is 212 g/mol. The standard InChI is InChI=1S/C9H14N4O3/c1-2-8(7-14)4-3-5-12-9(13(15)16)6-10-11-12/h6-8H,2-5H2,1H3. The van der Waals surface area contributed by atoms with Crippen LogP contribution in [0.1, 0.15) is 26.2 Å². The lowest BCUT2D eigenvalue weighted by Crippen LogP contribution is -2.07. The van der Waals surface area contributed by atoms with Crippen LogP contribution in [0.25, 0.3) is 0 Å². The third-order valence-electron chi connectivity index (χ3n) is 2.45. The molecule has 0 aliphatic heterocycles. The zero-order valence-corrected chi connectivity index (χ0v) is 9.07. The quantitative estimate of drug-likeness (QED) is 0.395. The number of nitro groups is 1. The van der Waals surface area contributed by atoms with Crippen molar-refractivity contribution in [2.24, 2.45) is 5.92 Å². The summed E-state index contributed by atoms with van der Waals surface area (Å²) in [4.78, 5) is 20.6. The summed E-state index contributed by atoms with van der Waals surface area (Å²) >= 11 is 0. The highest BCUT2D eigenvalue weighted by atomic mass is 16.6. The number of aryl methyl sites for hydroxylation is 1. The van der Waals surface area contributed by atoms with E-state index in [0.717, 1.165) is 25.3 Å². The maximum absolute atomic E-state index is 10.6. The Bertz CT molecular complexity index is 363. The Morgan fingerprint density at radius 2 is 2.44 bits per heavy atom. The Hall–Kier alpha value is -1.79. The molecule has 0 saturated heterocycles. The van der Waals surface area contributed by atoms with Crippen LogP contribution in [0.5, 0.6) is 0 Å². The first kappa shape index (κ1) is 12.3. The Kier molecular flexibility index (Phi) is 4.56. The van der Waals surface area contributed by atoms with Gasteiger partial charge >= 0.3 is 5.82 Å². The number of carbonyl (C=O) groups excluding carboxylic acids is 1. The average molecular weight is 226 g/mol. The first-order valence-electron chi connectivity index (χ1n) is 5.17. The molecule has 0 aromatic carbocycles. The Balaban J connectivity index is 2.45. The summed E-state index contributed by atoms with van der Waals surface area (Å²) in [5.41, 5.74) is 0. The van der Waals surface area contributed by atoms with Crippen molar-refractivity contribution in [3.63, 3.8) is 0 Å². The predicted molar refractivity (Wildman–Crippen MR) is 55.8 cm³/mol. The summed E-state index contributed by atoms with van der Waals surface area (Å²) in [6.07, 6.45) is 4.24. The van der Waals surface area contributed by atoms with Gasteiger partial charge in [-0.15, -0.1) is 9.78 Å². The van der Waals surface area contributed by atoms with Crippen LogP contribution in [0.2, 0.25) is 0 Å². The highest BCUT2D eigenvalue weighted by Crippen LogP contribution is 2.12. The molecule has 1 unspecified atom stereocenters. The minimum atomic E-state index is -0.517. The number of rotatable bonds is 7. The van der Waals surface area contributed by atoms with E-state index >= 15 is 0 Å². The lowest BCUT2D eigenvalue weighted by Gasteiger charge is -2.04. The Morgan fingerprint density at radius 3 is 3.00 bits per heavy atom. The minimum Gasteiger partial charge on any atom is -0.358 e. The second kappa shape index (κ2) is 5.94. The van der Waals surface area contributed by atoms with E-state index in [2.05, 4.69) is 10.3 Å². The molecule has 16 heavy (non-hydrogen) atoms. The third kappa shape index (κ3) is 3.11. The lowest BCUT2D eigenvalue weighted by molar-refractivity contribution is -0.392. The SMILES string of the molecule is CCC(C=O)CCCn1nncc1[N+](=O)[O-]. The smallest absolute Gasteiger partial charge is 0.358 e. The molecule has 0 bridgehead atoms. The highest BCUT2D eigenvalue weighted by Gasteiger charge is 2.15. The van der Waals surface area contributed by atoms with Gasteiger partial charge in [-0.3, -0.25) is 0 Å². The molecule has 88 valence electrons. The fourth-order valence-electron chi connectivity index (χ4n) is 1.42. The first-order chi connectivity index (χ1) is 7.69. The van der Waals surface area contributed by atoms with E-state index in [1.165, 1.54) is 4.68 Å². The van der Waals surface area contributed by atoms with Gasteiger partial charge in [0, 0.05) is 11.1 Å². The van der Waals surface area contributed by atoms with Crippen LogP contribution in [-0.4, -0.2) is 26.2 Å². The molecule has 0 aliphatic carbocycles. The largest absolute Gasteiger partial charge is 0.365 e. The van der Waals surface area contributed by atoms with Gasteiger partial charge in [0.05, 0.1) is 0 Å². The van der Waals surface area contributed by atoms with Crippen molar-refractivity contribution in [1.82, 2.24) is 15.0 Å². The first-order valence-corrected chi connectivity index (χ1v) is 5.17. The summed E-state index contributed by atoms with van der Waals surface area (Å²) in [6.45, 7) is 2.36. The van der Waals surface area contributed by atoms with Crippen LogP contribution in [-0.2, 0) is 11.3 Å². The van der Waals surface area contributed by atoms with Crippen molar-refractivity contribution in [2.75, 3.05) is 0 Å². The number of carbonyl (C=O) groups is 1. The Morgan fingerprint density at radius 1 is 1.69 bits per heavy atom. The van der Waals surface area contributed by atoms with E-state index in [4.69, 9.17) is 0 Å². The summed E-state index contributed by atoms with van der Waals surface area (Å²) in [6, 6.07) is 0. The zero-order chi connectivity index (χ0) is 12.0. The minimum absolute atomic E-state index is 0.0302. The van der Waals surface area contributed by atoms with Crippen LogP contribution in [0.3, 0.4) is 0 Å². The van der Waals surface area contributed by atoms with Gasteiger partial charge in [0.15, 0.2) is 0 Å². The number of hydrogen-bond donors (Lipinski definition) is 0. The fourth-order valence-corrected chi connectivity index (χ4v) is 1.42. The molecule has 0 saturated carbocycles. The van der Waals surface area contributed by atoms with E-state index in [9.17, 15) is 14.9 Å². The van der Waals surface area contributed by atoms with Crippen molar-refractivity contribution in [1.29, 1.82) is 0 Å². The number of nitrogens with zero attached hydrogens (tertiary/aromatic N) is 4. The van der Waals surface area contributed by atoms with Gasteiger partial charge < -0.3 is 14.9 Å². The highest BCUT2D eigenvalue weighted by molar-refractivity contribution is 5.53. The molecule has 0 N–H and O–H groups in total. The second-order valence-corrected chi connectivity index (χ2v) is 3.52. The average Bonchev–Trinajstić information content (AvgIpc) is 2.72. The van der Waals surface area contributed by atoms with Gasteiger partial charge in [0.25, 0.3) is 0 Å². The summed E-state index contributed by atoms with van der Waals surface area (Å²) < 4.78 is 1.25. The van der Waals surface area contributed by atoms with Gasteiger partial charge in [0.1, 0.15) is 19.0 Å². The van der Waals surface area contributed by atoms with E-state index in [0.29, 0.717) is 13.0 Å². The molecule has 1 atom stereocenters. The van der Waals surface area contributed by atoms with Gasteiger partial charge in [-0.1, -0.05) is 6.92 Å². The molecule has 7 nitrogen and oxygen atoms in total. The fraction of sp³-hybridized carbons (Fsp3) is 0.667. The normalized spacial score (nSPS) is 12.3. The Labute approximate surface area is 92.6 Å². The number of aldehydes is 1. The maximum Gasteiger partial charge on any atom is 0.365 e. The van der Waals surface area contributed by atoms with Crippen LogP contribution >= 0.6 is 0 Å². The summed E-state index contributed by atoms with van der Waals surface area (Å²) in [7, 11) is 0. The van der Waals surface area contributed by atoms with E-state index < -0.39 is 4.92 Å². The predicted octanol–water partition coefficient (Wildman–Crippen LogP) is 1.19. The molecule has 0 amide bonds. The molecule has 1 heterocycles. The van der Waals surface area contributed by atoms with E-state index in [1.54, 1.807) is 0 Å². The van der Waals surface area contributed by atoms with Gasteiger partial charge in [-0.25, -0.2) is 0 Å². The molecule has 0 aliphatic rings. The van der Waals surface area contributed by atoms with Gasteiger partial charge in [-0.05, 0) is 24.2 Å². The zero-order valence-electron chi connectivity index (χ0n) is 9.07. The molecule has 1 rings (SSSR count). The van der Waals surface area contributed by atoms with Crippen molar-refractivity contribution < 1.29 is 9.72 Å². The van der Waals surface area contributed by atoms with Crippen molar-refractivity contribution in [3.8, 4) is 0 Å². The molecule has 0 fully saturated rings. The number of aromatic nitrogens is 3. The summed E-state index contributed by atoms with van der Waals surface area (Å²) in [5, 5.41) is 17.6. The lowest BCUT2D eigenvalue weighted by atomic mass is 10.0. The van der Waals surface area contributed by atoms with Crippen LogP contribution in [0.4, 0.5) is 5.82 Å². The summed E-state index contributed by atoms with van der Waals surface area (Å²) in [5.74, 6) is -0.0817. The van der Waals surface area contributed by atoms with Crippen molar-refractivity contribution in [2.45, 2.75) is 32.7 Å². The van der Waals surface area contributed by atoms with Gasteiger partial charge in [0.2, 0.25) is 0 Å². The molecule has 1 aromatic rings. The third-order valence-corrected chi connectivity index (χ3v) is 2.45. The topological polar surface area (TPSA) is 90.9 Å². The van der Waals surface area contributed by atoms with Crippen LogP contribution in [0.15, 0.2) is 6.20 Å².